The topological polar surface area (TPSA) is 60.3 Å². The number of pyridine rings is 1. The molecule has 2 aromatic rings. The minimum atomic E-state index is 0.0224. The fourth-order valence-corrected chi connectivity index (χ4v) is 2.68. The van der Waals surface area contributed by atoms with Crippen molar-refractivity contribution in [2.75, 3.05) is 26.3 Å². The number of morpholine rings is 1. The molecule has 3 rings (SSSR count). The summed E-state index contributed by atoms with van der Waals surface area (Å²) in [5.74, 6) is 0.922. The summed E-state index contributed by atoms with van der Waals surface area (Å²) in [6, 6.07) is 5.67. The average molecular weight is 300 g/mol. The third-order valence-corrected chi connectivity index (χ3v) is 3.75. The fourth-order valence-electron chi connectivity index (χ4n) is 2.68. The quantitative estimate of drug-likeness (QED) is 0.868. The smallest absolute Gasteiger partial charge is 0.257 e. The molecule has 0 unspecified atom stereocenters. The molecule has 1 saturated heterocycles. The molecule has 1 fully saturated rings. The van der Waals surface area contributed by atoms with Gasteiger partial charge in [0.1, 0.15) is 0 Å². The number of nitrogens with zero attached hydrogens (tertiary/aromatic N) is 4. The van der Waals surface area contributed by atoms with Gasteiger partial charge in [0.15, 0.2) is 5.82 Å². The Bertz CT molecular complexity index is 645. The van der Waals surface area contributed by atoms with Crippen LogP contribution in [0.4, 0.5) is 0 Å². The maximum atomic E-state index is 12.8. The number of carbonyl (C=O) groups is 1. The molecule has 6 nitrogen and oxygen atoms in total. The first-order valence-corrected chi connectivity index (χ1v) is 7.55. The normalized spacial score (nSPS) is 15.3. The summed E-state index contributed by atoms with van der Waals surface area (Å²) in [4.78, 5) is 18.9. The van der Waals surface area contributed by atoms with E-state index < -0.39 is 0 Å². The maximum absolute atomic E-state index is 12.8. The second kappa shape index (κ2) is 6.27. The van der Waals surface area contributed by atoms with Gasteiger partial charge in [0.2, 0.25) is 0 Å². The van der Waals surface area contributed by atoms with Crippen molar-refractivity contribution in [1.82, 2.24) is 19.7 Å². The lowest BCUT2D eigenvalue weighted by molar-refractivity contribution is 0.0302. The molecule has 116 valence electrons. The van der Waals surface area contributed by atoms with E-state index in [4.69, 9.17) is 4.74 Å². The number of ether oxygens (including phenoxy) is 1. The van der Waals surface area contributed by atoms with Crippen LogP contribution < -0.4 is 0 Å². The summed E-state index contributed by atoms with van der Waals surface area (Å²) in [5, 5.41) is 4.40. The predicted molar refractivity (Wildman–Crippen MR) is 82.2 cm³/mol. The molecule has 0 N–H and O–H groups in total. The van der Waals surface area contributed by atoms with Crippen LogP contribution in [0.1, 0.15) is 35.8 Å². The molecule has 1 aliphatic heterocycles. The van der Waals surface area contributed by atoms with E-state index in [2.05, 4.69) is 23.9 Å². The van der Waals surface area contributed by atoms with Crippen molar-refractivity contribution in [2.45, 2.75) is 19.8 Å². The van der Waals surface area contributed by atoms with Crippen molar-refractivity contribution >= 4 is 5.91 Å². The zero-order chi connectivity index (χ0) is 15.5. The molecule has 1 amide bonds. The zero-order valence-corrected chi connectivity index (χ0v) is 12.9. The minimum absolute atomic E-state index is 0.0224. The predicted octanol–water partition coefficient (Wildman–Crippen LogP) is 1.86. The molecule has 1 aliphatic rings. The Morgan fingerprint density at radius 2 is 2.05 bits per heavy atom. The SMILES string of the molecule is CC(C)c1c(C(=O)N2CCOCC2)cnn1-c1ccccn1. The van der Waals surface area contributed by atoms with E-state index in [1.807, 2.05) is 23.1 Å². The summed E-state index contributed by atoms with van der Waals surface area (Å²) in [7, 11) is 0. The van der Waals surface area contributed by atoms with Gasteiger partial charge in [-0.05, 0) is 18.1 Å². The lowest BCUT2D eigenvalue weighted by Crippen LogP contribution is -2.41. The van der Waals surface area contributed by atoms with E-state index in [0.29, 0.717) is 31.9 Å². The first-order valence-electron chi connectivity index (χ1n) is 7.55. The number of amides is 1. The largest absolute Gasteiger partial charge is 0.378 e. The van der Waals surface area contributed by atoms with E-state index >= 15 is 0 Å². The van der Waals surface area contributed by atoms with E-state index in [1.165, 1.54) is 0 Å². The summed E-state index contributed by atoms with van der Waals surface area (Å²) in [5.41, 5.74) is 1.55. The molecule has 0 bridgehead atoms. The van der Waals surface area contributed by atoms with Crippen molar-refractivity contribution in [2.24, 2.45) is 0 Å². The van der Waals surface area contributed by atoms with Crippen molar-refractivity contribution in [3.05, 3.63) is 41.9 Å². The molecule has 0 radical (unpaired) electrons. The molecule has 0 atom stereocenters. The Labute approximate surface area is 129 Å². The van der Waals surface area contributed by atoms with Crippen molar-refractivity contribution in [3.8, 4) is 5.82 Å². The fraction of sp³-hybridized carbons (Fsp3) is 0.438. The third-order valence-electron chi connectivity index (χ3n) is 3.75. The Morgan fingerprint density at radius 3 is 2.68 bits per heavy atom. The zero-order valence-electron chi connectivity index (χ0n) is 12.9. The highest BCUT2D eigenvalue weighted by Gasteiger charge is 2.26. The van der Waals surface area contributed by atoms with Gasteiger partial charge in [0.05, 0.1) is 30.7 Å². The van der Waals surface area contributed by atoms with Crippen LogP contribution >= 0.6 is 0 Å². The Morgan fingerprint density at radius 1 is 1.27 bits per heavy atom. The van der Waals surface area contributed by atoms with Gasteiger partial charge in [0, 0.05) is 19.3 Å². The molecule has 0 aliphatic carbocycles. The minimum Gasteiger partial charge on any atom is -0.378 e. The highest BCUT2D eigenvalue weighted by atomic mass is 16.5. The highest BCUT2D eigenvalue weighted by Crippen LogP contribution is 2.23. The number of carbonyl (C=O) groups excluding carboxylic acids is 1. The molecule has 0 saturated carbocycles. The van der Waals surface area contributed by atoms with Crippen molar-refractivity contribution in [3.63, 3.8) is 0 Å². The van der Waals surface area contributed by atoms with Crippen LogP contribution in [0.25, 0.3) is 5.82 Å². The number of hydrogen-bond acceptors (Lipinski definition) is 4. The summed E-state index contributed by atoms with van der Waals surface area (Å²) >= 11 is 0. The lowest BCUT2D eigenvalue weighted by atomic mass is 10.0. The Balaban J connectivity index is 1.98. The lowest BCUT2D eigenvalue weighted by Gasteiger charge is -2.27. The van der Waals surface area contributed by atoms with E-state index in [0.717, 1.165) is 11.5 Å². The molecule has 22 heavy (non-hydrogen) atoms. The van der Waals surface area contributed by atoms with Crippen LogP contribution in [0.2, 0.25) is 0 Å². The first-order chi connectivity index (χ1) is 10.7. The summed E-state index contributed by atoms with van der Waals surface area (Å²) in [6.07, 6.45) is 3.38. The highest BCUT2D eigenvalue weighted by molar-refractivity contribution is 5.95. The van der Waals surface area contributed by atoms with E-state index in [9.17, 15) is 4.79 Å². The van der Waals surface area contributed by atoms with Crippen LogP contribution in [0.5, 0.6) is 0 Å². The third kappa shape index (κ3) is 2.74. The van der Waals surface area contributed by atoms with Crippen LogP contribution in [-0.4, -0.2) is 51.9 Å². The summed E-state index contributed by atoms with van der Waals surface area (Å²) in [6.45, 7) is 6.57. The van der Waals surface area contributed by atoms with Crippen LogP contribution in [-0.2, 0) is 4.74 Å². The molecular weight excluding hydrogens is 280 g/mol. The molecular formula is C16H20N4O2. The molecule has 2 aromatic heterocycles. The van der Waals surface area contributed by atoms with Gasteiger partial charge in [-0.25, -0.2) is 9.67 Å². The standard InChI is InChI=1S/C16H20N4O2/c1-12(2)15-13(16(21)19-7-9-22-10-8-19)11-18-20(15)14-5-3-4-6-17-14/h3-6,11-12H,7-10H2,1-2H3. The Hall–Kier alpha value is -2.21. The van der Waals surface area contributed by atoms with Gasteiger partial charge >= 0.3 is 0 Å². The number of rotatable bonds is 3. The maximum Gasteiger partial charge on any atom is 0.257 e. The van der Waals surface area contributed by atoms with Gasteiger partial charge in [-0.2, -0.15) is 5.10 Å². The second-order valence-corrected chi connectivity index (χ2v) is 5.60. The van der Waals surface area contributed by atoms with Crippen LogP contribution in [0.15, 0.2) is 30.6 Å². The van der Waals surface area contributed by atoms with E-state index in [1.54, 1.807) is 17.1 Å². The van der Waals surface area contributed by atoms with Gasteiger partial charge in [-0.3, -0.25) is 4.79 Å². The van der Waals surface area contributed by atoms with Gasteiger partial charge in [-0.1, -0.05) is 19.9 Å². The summed E-state index contributed by atoms with van der Waals surface area (Å²) < 4.78 is 7.08. The molecule has 0 spiro atoms. The molecule has 3 heterocycles. The van der Waals surface area contributed by atoms with Crippen LogP contribution in [0.3, 0.4) is 0 Å². The van der Waals surface area contributed by atoms with Gasteiger partial charge in [-0.15, -0.1) is 0 Å². The van der Waals surface area contributed by atoms with Gasteiger partial charge in [0.25, 0.3) is 5.91 Å². The van der Waals surface area contributed by atoms with Crippen LogP contribution in [0, 0.1) is 0 Å². The van der Waals surface area contributed by atoms with Crippen molar-refractivity contribution < 1.29 is 9.53 Å². The van der Waals surface area contributed by atoms with E-state index in [-0.39, 0.29) is 11.8 Å². The molecule has 0 aromatic carbocycles. The van der Waals surface area contributed by atoms with Gasteiger partial charge < -0.3 is 9.64 Å². The van der Waals surface area contributed by atoms with Crippen molar-refractivity contribution in [1.29, 1.82) is 0 Å². The average Bonchev–Trinajstić information content (AvgIpc) is 3.01. The Kier molecular flexibility index (Phi) is 4.20. The monoisotopic (exact) mass is 300 g/mol. The second-order valence-electron chi connectivity index (χ2n) is 5.60. The molecule has 6 heteroatoms. The first kappa shape index (κ1) is 14.7. The number of aromatic nitrogens is 3. The number of hydrogen-bond donors (Lipinski definition) is 0.